The first-order valence-corrected chi connectivity index (χ1v) is 7.50. The maximum atomic E-state index is 12.0. The molecule has 0 radical (unpaired) electrons. The second kappa shape index (κ2) is 6.29. The van der Waals surface area contributed by atoms with Crippen LogP contribution in [-0.4, -0.2) is 23.5 Å². The SMILES string of the molecule is CC(C)CC1(CNC(=O)Cc2ccccc2C(=O)O)CC1. The third kappa shape index (κ3) is 4.31. The van der Waals surface area contributed by atoms with Gasteiger partial charge in [0.2, 0.25) is 5.91 Å². The maximum Gasteiger partial charge on any atom is 0.335 e. The van der Waals surface area contributed by atoms with Crippen molar-refractivity contribution in [3.05, 3.63) is 35.4 Å². The number of rotatable bonds is 7. The van der Waals surface area contributed by atoms with Gasteiger partial charge in [-0.15, -0.1) is 0 Å². The Balaban J connectivity index is 1.90. The van der Waals surface area contributed by atoms with E-state index in [2.05, 4.69) is 19.2 Å². The number of benzene rings is 1. The van der Waals surface area contributed by atoms with E-state index in [4.69, 9.17) is 5.11 Å². The zero-order valence-electron chi connectivity index (χ0n) is 12.7. The van der Waals surface area contributed by atoms with Gasteiger partial charge in [-0.25, -0.2) is 4.79 Å². The summed E-state index contributed by atoms with van der Waals surface area (Å²) in [6, 6.07) is 6.67. The third-order valence-corrected chi connectivity index (χ3v) is 4.06. The average Bonchev–Trinajstić information content (AvgIpc) is 3.16. The number of carbonyl (C=O) groups excluding carboxylic acids is 1. The first-order valence-electron chi connectivity index (χ1n) is 7.50. The van der Waals surface area contributed by atoms with Crippen LogP contribution >= 0.6 is 0 Å². The zero-order valence-corrected chi connectivity index (χ0v) is 12.7. The summed E-state index contributed by atoms with van der Waals surface area (Å²) in [6.45, 7) is 5.11. The minimum atomic E-state index is -0.989. The molecule has 1 fully saturated rings. The Kier molecular flexibility index (Phi) is 4.66. The average molecular weight is 289 g/mol. The molecule has 4 nitrogen and oxygen atoms in total. The van der Waals surface area contributed by atoms with E-state index in [9.17, 15) is 9.59 Å². The standard InChI is InChI=1S/C17H23NO3/c1-12(2)10-17(7-8-17)11-18-15(19)9-13-5-3-4-6-14(13)16(20)21/h3-6,12H,7-11H2,1-2H3,(H,18,19)(H,20,21). The van der Waals surface area contributed by atoms with Crippen molar-refractivity contribution in [2.75, 3.05) is 6.54 Å². The molecule has 1 aromatic carbocycles. The second-order valence-electron chi connectivity index (χ2n) is 6.51. The van der Waals surface area contributed by atoms with Gasteiger partial charge in [-0.3, -0.25) is 4.79 Å². The van der Waals surface area contributed by atoms with Crippen LogP contribution in [0, 0.1) is 11.3 Å². The highest BCUT2D eigenvalue weighted by Crippen LogP contribution is 2.49. The number of aromatic carboxylic acids is 1. The summed E-state index contributed by atoms with van der Waals surface area (Å²) in [5, 5.41) is 12.1. The van der Waals surface area contributed by atoms with Gasteiger partial charge < -0.3 is 10.4 Å². The molecule has 0 spiro atoms. The van der Waals surface area contributed by atoms with Gasteiger partial charge in [0.15, 0.2) is 0 Å². The summed E-state index contributed by atoms with van der Waals surface area (Å²) in [5.74, 6) is -0.451. The highest BCUT2D eigenvalue weighted by atomic mass is 16.4. The molecule has 0 aliphatic heterocycles. The lowest BCUT2D eigenvalue weighted by molar-refractivity contribution is -0.120. The van der Waals surface area contributed by atoms with Crippen molar-refractivity contribution >= 4 is 11.9 Å². The van der Waals surface area contributed by atoms with Crippen molar-refractivity contribution < 1.29 is 14.7 Å². The predicted octanol–water partition coefficient (Wildman–Crippen LogP) is 2.87. The fourth-order valence-corrected chi connectivity index (χ4v) is 2.90. The van der Waals surface area contributed by atoms with E-state index in [-0.39, 0.29) is 23.3 Å². The molecule has 0 heterocycles. The summed E-state index contributed by atoms with van der Waals surface area (Å²) in [4.78, 5) is 23.2. The van der Waals surface area contributed by atoms with Gasteiger partial charge in [-0.2, -0.15) is 0 Å². The van der Waals surface area contributed by atoms with Crippen molar-refractivity contribution in [1.82, 2.24) is 5.32 Å². The van der Waals surface area contributed by atoms with Gasteiger partial charge in [0.25, 0.3) is 0 Å². The molecule has 0 atom stereocenters. The quantitative estimate of drug-likeness (QED) is 0.811. The molecule has 1 aliphatic rings. The van der Waals surface area contributed by atoms with E-state index in [1.807, 2.05) is 0 Å². The molecule has 1 saturated carbocycles. The van der Waals surface area contributed by atoms with E-state index in [0.717, 1.165) is 6.42 Å². The number of hydrogen-bond donors (Lipinski definition) is 2. The molecule has 114 valence electrons. The van der Waals surface area contributed by atoms with Crippen molar-refractivity contribution in [3.63, 3.8) is 0 Å². The zero-order chi connectivity index (χ0) is 15.5. The molecule has 0 aromatic heterocycles. The van der Waals surface area contributed by atoms with Crippen molar-refractivity contribution in [2.24, 2.45) is 11.3 Å². The van der Waals surface area contributed by atoms with Crippen LogP contribution in [0.3, 0.4) is 0 Å². The normalized spacial score (nSPS) is 15.8. The highest BCUT2D eigenvalue weighted by molar-refractivity contribution is 5.91. The Morgan fingerprint density at radius 2 is 1.95 bits per heavy atom. The lowest BCUT2D eigenvalue weighted by Crippen LogP contribution is -2.32. The lowest BCUT2D eigenvalue weighted by atomic mass is 9.94. The van der Waals surface area contributed by atoms with Gasteiger partial charge in [-0.05, 0) is 42.2 Å². The molecule has 1 amide bonds. The van der Waals surface area contributed by atoms with Crippen molar-refractivity contribution in [2.45, 2.75) is 39.5 Å². The van der Waals surface area contributed by atoms with Crippen LogP contribution in [0.25, 0.3) is 0 Å². The van der Waals surface area contributed by atoms with Crippen LogP contribution in [0.15, 0.2) is 24.3 Å². The van der Waals surface area contributed by atoms with E-state index in [0.29, 0.717) is 18.0 Å². The molecule has 21 heavy (non-hydrogen) atoms. The fraction of sp³-hybridized carbons (Fsp3) is 0.529. The summed E-state index contributed by atoms with van der Waals surface area (Å²) in [5.41, 5.74) is 1.06. The third-order valence-electron chi connectivity index (χ3n) is 4.06. The Bertz CT molecular complexity index is 533. The summed E-state index contributed by atoms with van der Waals surface area (Å²) in [6.07, 6.45) is 3.62. The number of carboxylic acid groups (broad SMARTS) is 1. The Morgan fingerprint density at radius 1 is 1.29 bits per heavy atom. The molecule has 0 unspecified atom stereocenters. The summed E-state index contributed by atoms with van der Waals surface area (Å²) >= 11 is 0. The van der Waals surface area contributed by atoms with Crippen molar-refractivity contribution in [3.8, 4) is 0 Å². The summed E-state index contributed by atoms with van der Waals surface area (Å²) < 4.78 is 0. The van der Waals surface area contributed by atoms with E-state index in [1.165, 1.54) is 18.9 Å². The molecular formula is C17H23NO3. The smallest absolute Gasteiger partial charge is 0.335 e. The van der Waals surface area contributed by atoms with Crippen LogP contribution in [0.1, 0.15) is 49.0 Å². The van der Waals surface area contributed by atoms with Gasteiger partial charge in [0, 0.05) is 6.54 Å². The van der Waals surface area contributed by atoms with Gasteiger partial charge >= 0.3 is 5.97 Å². The molecule has 4 heteroatoms. The molecule has 0 bridgehead atoms. The van der Waals surface area contributed by atoms with Gasteiger partial charge in [0.1, 0.15) is 0 Å². The van der Waals surface area contributed by atoms with Crippen molar-refractivity contribution in [1.29, 1.82) is 0 Å². The fourth-order valence-electron chi connectivity index (χ4n) is 2.90. The first-order chi connectivity index (χ1) is 9.92. The van der Waals surface area contributed by atoms with E-state index in [1.54, 1.807) is 18.2 Å². The summed E-state index contributed by atoms with van der Waals surface area (Å²) in [7, 11) is 0. The van der Waals surface area contributed by atoms with Gasteiger partial charge in [-0.1, -0.05) is 32.0 Å². The van der Waals surface area contributed by atoms with Crippen LogP contribution in [0.4, 0.5) is 0 Å². The molecule has 2 N–H and O–H groups in total. The lowest BCUT2D eigenvalue weighted by Gasteiger charge is -2.18. The Labute approximate surface area is 125 Å². The topological polar surface area (TPSA) is 66.4 Å². The largest absolute Gasteiger partial charge is 0.478 e. The molecule has 1 aromatic rings. The number of carboxylic acids is 1. The van der Waals surface area contributed by atoms with E-state index < -0.39 is 5.97 Å². The second-order valence-corrected chi connectivity index (χ2v) is 6.51. The number of amides is 1. The molecule has 0 saturated heterocycles. The predicted molar refractivity (Wildman–Crippen MR) is 81.2 cm³/mol. The Morgan fingerprint density at radius 3 is 2.52 bits per heavy atom. The minimum absolute atomic E-state index is 0.0984. The van der Waals surface area contributed by atoms with Crippen LogP contribution in [0.5, 0.6) is 0 Å². The van der Waals surface area contributed by atoms with Crippen LogP contribution in [0.2, 0.25) is 0 Å². The Hall–Kier alpha value is -1.84. The molecule has 1 aliphatic carbocycles. The van der Waals surface area contributed by atoms with Crippen LogP contribution in [-0.2, 0) is 11.2 Å². The number of nitrogens with one attached hydrogen (secondary N) is 1. The first kappa shape index (κ1) is 15.5. The highest BCUT2D eigenvalue weighted by Gasteiger charge is 2.42. The molecular weight excluding hydrogens is 266 g/mol. The van der Waals surface area contributed by atoms with Crippen LogP contribution < -0.4 is 5.32 Å². The number of carbonyl (C=O) groups is 2. The monoisotopic (exact) mass is 289 g/mol. The molecule has 2 rings (SSSR count). The maximum absolute atomic E-state index is 12.0. The van der Waals surface area contributed by atoms with Gasteiger partial charge in [0.05, 0.1) is 12.0 Å². The minimum Gasteiger partial charge on any atom is -0.478 e. The number of hydrogen-bond acceptors (Lipinski definition) is 2. The van der Waals surface area contributed by atoms with E-state index >= 15 is 0 Å².